The first-order valence-corrected chi connectivity index (χ1v) is 12.2. The highest BCUT2D eigenvalue weighted by Crippen LogP contribution is 2.39. The molecule has 39 heavy (non-hydrogen) atoms. The summed E-state index contributed by atoms with van der Waals surface area (Å²) in [5, 5.41) is 7.16. The maximum Gasteiger partial charge on any atom is 0.418 e. The Morgan fingerprint density at radius 3 is 2.49 bits per heavy atom. The number of halogens is 3. The van der Waals surface area contributed by atoms with Crippen molar-refractivity contribution in [3.63, 3.8) is 0 Å². The third kappa shape index (κ3) is 5.41. The Morgan fingerprint density at radius 2 is 1.85 bits per heavy atom. The maximum absolute atomic E-state index is 13.7. The summed E-state index contributed by atoms with van der Waals surface area (Å²) >= 11 is 0. The Kier molecular flexibility index (Phi) is 7.85. The SMILES string of the molecule is C#CC(=O)N(c1ccn(-c2ccccc2C(F)(F)F)n1)C1(C(=O)NCc2ccc(OC)cc2OC)CCCC1. The molecule has 0 spiro atoms. The lowest BCUT2D eigenvalue weighted by molar-refractivity contribution is -0.137. The van der Waals surface area contributed by atoms with Crippen molar-refractivity contribution in [2.75, 3.05) is 19.1 Å². The molecular weight excluding hydrogens is 513 g/mol. The fraction of sp³-hybridized carbons (Fsp3) is 0.321. The predicted molar refractivity (Wildman–Crippen MR) is 137 cm³/mol. The van der Waals surface area contributed by atoms with Crippen LogP contribution in [0.5, 0.6) is 11.5 Å². The van der Waals surface area contributed by atoms with Gasteiger partial charge in [0.2, 0.25) is 5.91 Å². The average molecular weight is 541 g/mol. The summed E-state index contributed by atoms with van der Waals surface area (Å²) in [7, 11) is 3.03. The lowest BCUT2D eigenvalue weighted by atomic mass is 9.93. The van der Waals surface area contributed by atoms with Gasteiger partial charge in [-0.05, 0) is 43.0 Å². The van der Waals surface area contributed by atoms with Crippen LogP contribution in [0, 0.1) is 12.3 Å². The van der Waals surface area contributed by atoms with Crippen molar-refractivity contribution < 1.29 is 32.2 Å². The van der Waals surface area contributed by atoms with Gasteiger partial charge in [-0.2, -0.15) is 13.2 Å². The third-order valence-electron chi connectivity index (χ3n) is 6.80. The predicted octanol–water partition coefficient (Wildman–Crippen LogP) is 4.50. The molecule has 0 radical (unpaired) electrons. The minimum atomic E-state index is -4.62. The second-order valence-corrected chi connectivity index (χ2v) is 9.02. The van der Waals surface area contributed by atoms with Gasteiger partial charge in [0, 0.05) is 30.4 Å². The van der Waals surface area contributed by atoms with E-state index in [0.29, 0.717) is 42.7 Å². The van der Waals surface area contributed by atoms with E-state index in [1.165, 1.54) is 44.7 Å². The van der Waals surface area contributed by atoms with Crippen molar-refractivity contribution >= 4 is 17.6 Å². The molecule has 204 valence electrons. The second-order valence-electron chi connectivity index (χ2n) is 9.02. The second kappa shape index (κ2) is 11.1. The largest absolute Gasteiger partial charge is 0.497 e. The number of ether oxygens (including phenoxy) is 2. The first kappa shape index (κ1) is 27.6. The molecule has 3 aromatic rings. The van der Waals surface area contributed by atoms with E-state index in [-0.39, 0.29) is 18.1 Å². The van der Waals surface area contributed by atoms with E-state index in [0.717, 1.165) is 15.6 Å². The van der Waals surface area contributed by atoms with Crippen LogP contribution in [0.2, 0.25) is 0 Å². The molecular formula is C28H27F3N4O4. The lowest BCUT2D eigenvalue weighted by Crippen LogP contribution is -2.59. The monoisotopic (exact) mass is 540 g/mol. The molecule has 11 heteroatoms. The Labute approximate surface area is 223 Å². The van der Waals surface area contributed by atoms with Crippen LogP contribution in [-0.4, -0.2) is 41.4 Å². The number of nitrogens with zero attached hydrogens (tertiary/aromatic N) is 3. The number of para-hydroxylation sites is 1. The molecule has 1 saturated carbocycles. The van der Waals surface area contributed by atoms with Crippen LogP contribution in [0.25, 0.3) is 5.69 Å². The number of rotatable bonds is 8. The van der Waals surface area contributed by atoms with E-state index in [2.05, 4.69) is 16.3 Å². The molecule has 2 amide bonds. The fourth-order valence-corrected chi connectivity index (χ4v) is 4.91. The van der Waals surface area contributed by atoms with Crippen LogP contribution in [-0.2, 0) is 22.3 Å². The van der Waals surface area contributed by atoms with Crippen LogP contribution in [0.3, 0.4) is 0 Å². The van der Waals surface area contributed by atoms with Gasteiger partial charge >= 0.3 is 12.1 Å². The van der Waals surface area contributed by atoms with Crippen molar-refractivity contribution in [3.8, 4) is 29.5 Å². The van der Waals surface area contributed by atoms with Crippen molar-refractivity contribution in [3.05, 3.63) is 65.9 Å². The molecule has 0 aliphatic heterocycles. The summed E-state index contributed by atoms with van der Waals surface area (Å²) in [6.07, 6.45) is 4.06. The molecule has 0 unspecified atom stereocenters. The van der Waals surface area contributed by atoms with Crippen LogP contribution < -0.4 is 19.7 Å². The smallest absolute Gasteiger partial charge is 0.418 e. The molecule has 1 aromatic heterocycles. The minimum Gasteiger partial charge on any atom is -0.497 e. The zero-order chi connectivity index (χ0) is 28.2. The molecule has 2 aromatic carbocycles. The number of amides is 2. The molecule has 4 rings (SSSR count). The highest BCUT2D eigenvalue weighted by Gasteiger charge is 2.49. The topological polar surface area (TPSA) is 85.7 Å². The number of anilines is 1. The van der Waals surface area contributed by atoms with Crippen LogP contribution >= 0.6 is 0 Å². The molecule has 1 fully saturated rings. The normalized spacial score (nSPS) is 14.4. The number of carbonyl (C=O) groups is 2. The Hall–Kier alpha value is -4.46. The lowest BCUT2D eigenvalue weighted by Gasteiger charge is -2.37. The molecule has 1 heterocycles. The van der Waals surface area contributed by atoms with E-state index in [4.69, 9.17) is 15.9 Å². The number of hydrogen-bond acceptors (Lipinski definition) is 5. The number of alkyl halides is 3. The van der Waals surface area contributed by atoms with E-state index in [1.807, 2.05) is 0 Å². The molecule has 1 aliphatic carbocycles. The van der Waals surface area contributed by atoms with Gasteiger partial charge in [-0.25, -0.2) is 4.68 Å². The standard InChI is InChI=1S/C28H27F3N4O4/c1-4-25(36)35(24-13-16-34(33-24)22-10-6-5-9-21(22)28(29,30)31)27(14-7-8-15-27)26(37)32-18-19-11-12-20(38-2)17-23(19)39-3/h1,5-6,9-13,16-17H,7-8,14-15,18H2,2-3H3,(H,32,37). The first-order valence-electron chi connectivity index (χ1n) is 12.2. The third-order valence-corrected chi connectivity index (χ3v) is 6.80. The highest BCUT2D eigenvalue weighted by atomic mass is 19.4. The molecule has 0 atom stereocenters. The zero-order valence-corrected chi connectivity index (χ0v) is 21.4. The summed E-state index contributed by atoms with van der Waals surface area (Å²) < 4.78 is 52.5. The van der Waals surface area contributed by atoms with E-state index in [9.17, 15) is 22.8 Å². The number of hydrogen-bond donors (Lipinski definition) is 1. The Morgan fingerprint density at radius 1 is 1.13 bits per heavy atom. The number of carbonyl (C=O) groups excluding carboxylic acids is 2. The van der Waals surface area contributed by atoms with E-state index in [1.54, 1.807) is 18.2 Å². The van der Waals surface area contributed by atoms with Gasteiger partial charge in [-0.3, -0.25) is 14.5 Å². The van der Waals surface area contributed by atoms with Gasteiger partial charge in [0.25, 0.3) is 0 Å². The zero-order valence-electron chi connectivity index (χ0n) is 21.4. The summed E-state index contributed by atoms with van der Waals surface area (Å²) in [6, 6.07) is 11.5. The number of benzene rings is 2. The molecule has 0 bridgehead atoms. The number of methoxy groups -OCH3 is 2. The minimum absolute atomic E-state index is 0.0194. The molecule has 1 aliphatic rings. The van der Waals surface area contributed by atoms with Crippen LogP contribution in [0.1, 0.15) is 36.8 Å². The molecule has 1 N–H and O–H groups in total. The van der Waals surface area contributed by atoms with Gasteiger partial charge in [0.05, 0.1) is 25.5 Å². The molecule has 8 nitrogen and oxygen atoms in total. The Bertz CT molecular complexity index is 1400. The van der Waals surface area contributed by atoms with Gasteiger partial charge in [-0.15, -0.1) is 11.5 Å². The van der Waals surface area contributed by atoms with E-state index >= 15 is 0 Å². The van der Waals surface area contributed by atoms with Crippen molar-refractivity contribution in [1.29, 1.82) is 0 Å². The van der Waals surface area contributed by atoms with Crippen LogP contribution in [0.15, 0.2) is 54.7 Å². The first-order chi connectivity index (χ1) is 18.6. The van der Waals surface area contributed by atoms with Gasteiger partial charge in [0.15, 0.2) is 5.82 Å². The Balaban J connectivity index is 1.68. The molecule has 0 saturated heterocycles. The average Bonchev–Trinajstić information content (AvgIpc) is 3.62. The van der Waals surface area contributed by atoms with Gasteiger partial charge < -0.3 is 14.8 Å². The summed E-state index contributed by atoms with van der Waals surface area (Å²) in [4.78, 5) is 27.9. The van der Waals surface area contributed by atoms with Crippen molar-refractivity contribution in [2.45, 2.75) is 43.9 Å². The summed E-state index contributed by atoms with van der Waals surface area (Å²) in [5.41, 5.74) is -1.80. The van der Waals surface area contributed by atoms with Gasteiger partial charge in [-0.1, -0.05) is 25.0 Å². The number of nitrogens with one attached hydrogen (secondary N) is 1. The summed E-state index contributed by atoms with van der Waals surface area (Å²) in [6.45, 7) is 0.0965. The number of aromatic nitrogens is 2. The van der Waals surface area contributed by atoms with E-state index < -0.39 is 29.1 Å². The van der Waals surface area contributed by atoms with Crippen molar-refractivity contribution in [2.24, 2.45) is 0 Å². The summed E-state index contributed by atoms with van der Waals surface area (Å²) in [5.74, 6) is 1.86. The number of terminal acetylenes is 1. The fourth-order valence-electron chi connectivity index (χ4n) is 4.91. The van der Waals surface area contributed by atoms with Crippen molar-refractivity contribution in [1.82, 2.24) is 15.1 Å². The van der Waals surface area contributed by atoms with Crippen LogP contribution in [0.4, 0.5) is 19.0 Å². The maximum atomic E-state index is 13.7. The quantitative estimate of drug-likeness (QED) is 0.425. The van der Waals surface area contributed by atoms with Gasteiger partial charge in [0.1, 0.15) is 17.0 Å². The highest BCUT2D eigenvalue weighted by molar-refractivity contribution is 6.10.